The van der Waals surface area contributed by atoms with Crippen LogP contribution in [-0.2, 0) is 0 Å². The summed E-state index contributed by atoms with van der Waals surface area (Å²) >= 11 is 0. The van der Waals surface area contributed by atoms with Crippen LogP contribution in [0.3, 0.4) is 0 Å². The summed E-state index contributed by atoms with van der Waals surface area (Å²) in [5.41, 5.74) is 0. The first-order valence-electron chi connectivity index (χ1n) is 4.60. The molecule has 0 spiro atoms. The summed E-state index contributed by atoms with van der Waals surface area (Å²) in [5, 5.41) is 8.36. The molecule has 0 atom stereocenters. The van der Waals surface area contributed by atoms with Gasteiger partial charge in [0, 0.05) is 0 Å². The average molecular weight is 191 g/mol. The van der Waals surface area contributed by atoms with E-state index in [2.05, 4.69) is 0 Å². The summed E-state index contributed by atoms with van der Waals surface area (Å²) in [5.74, 6) is 1.43. The van der Waals surface area contributed by atoms with E-state index in [-0.39, 0.29) is 0 Å². The second kappa shape index (κ2) is 5.87. The van der Waals surface area contributed by atoms with Crippen molar-refractivity contribution >= 4 is 0 Å². The Morgan fingerprint density at radius 2 is 1.86 bits per heavy atom. The molecule has 74 valence electrons. The molecule has 1 aromatic rings. The van der Waals surface area contributed by atoms with Crippen LogP contribution in [0.15, 0.2) is 24.3 Å². The van der Waals surface area contributed by atoms with Gasteiger partial charge in [-0.2, -0.15) is 5.26 Å². The lowest BCUT2D eigenvalue weighted by Gasteiger charge is -2.09. The summed E-state index contributed by atoms with van der Waals surface area (Å²) in [4.78, 5) is 0. The molecule has 14 heavy (non-hydrogen) atoms. The van der Waals surface area contributed by atoms with Crippen molar-refractivity contribution < 1.29 is 9.47 Å². The molecule has 1 rings (SSSR count). The molecule has 1 aromatic carbocycles. The summed E-state index contributed by atoms with van der Waals surface area (Å²) in [6.45, 7) is 2.94. The van der Waals surface area contributed by atoms with E-state index in [9.17, 15) is 0 Å². The van der Waals surface area contributed by atoms with Gasteiger partial charge in [-0.25, -0.2) is 0 Å². The molecule has 3 heteroatoms. The molecule has 0 radical (unpaired) electrons. The highest BCUT2D eigenvalue weighted by Crippen LogP contribution is 2.26. The van der Waals surface area contributed by atoms with Crippen molar-refractivity contribution in [2.45, 2.75) is 13.3 Å². The number of para-hydroxylation sites is 2. The number of hydrogen-bond acceptors (Lipinski definition) is 3. The number of nitrogens with zero attached hydrogens (tertiary/aromatic N) is 1. The summed E-state index contributed by atoms with van der Waals surface area (Å²) in [6, 6.07) is 9.48. The molecule has 3 nitrogen and oxygen atoms in total. The second-order valence-corrected chi connectivity index (χ2v) is 2.64. The van der Waals surface area contributed by atoms with E-state index < -0.39 is 0 Å². The highest BCUT2D eigenvalue weighted by atomic mass is 16.5. The van der Waals surface area contributed by atoms with Crippen LogP contribution < -0.4 is 9.47 Å². The summed E-state index contributed by atoms with van der Waals surface area (Å²) in [6.07, 6.45) is 0.389. The lowest BCUT2D eigenvalue weighted by atomic mass is 10.3. The van der Waals surface area contributed by atoms with Crippen LogP contribution in [0.1, 0.15) is 13.3 Å². The van der Waals surface area contributed by atoms with Crippen molar-refractivity contribution in [3.63, 3.8) is 0 Å². The van der Waals surface area contributed by atoms with Crippen LogP contribution in [0.4, 0.5) is 0 Å². The SMILES string of the molecule is CCOc1ccccc1OCCC#N. The molecule has 0 aliphatic rings. The molecule has 0 fully saturated rings. The molecular formula is C11H13NO2. The van der Waals surface area contributed by atoms with E-state index >= 15 is 0 Å². The lowest BCUT2D eigenvalue weighted by molar-refractivity contribution is 0.281. The number of hydrogen-bond donors (Lipinski definition) is 0. The van der Waals surface area contributed by atoms with Crippen LogP contribution >= 0.6 is 0 Å². The normalized spacial score (nSPS) is 9.14. The topological polar surface area (TPSA) is 42.2 Å². The van der Waals surface area contributed by atoms with Gasteiger partial charge >= 0.3 is 0 Å². The minimum Gasteiger partial charge on any atom is -0.490 e. The van der Waals surface area contributed by atoms with Crippen molar-refractivity contribution in [1.29, 1.82) is 5.26 Å². The minimum absolute atomic E-state index is 0.389. The molecular weight excluding hydrogens is 178 g/mol. The molecule has 0 aliphatic heterocycles. The number of rotatable bonds is 5. The van der Waals surface area contributed by atoms with Crippen LogP contribution in [-0.4, -0.2) is 13.2 Å². The van der Waals surface area contributed by atoms with E-state index in [0.29, 0.717) is 25.4 Å². The zero-order valence-corrected chi connectivity index (χ0v) is 8.19. The lowest BCUT2D eigenvalue weighted by Crippen LogP contribution is -1.99. The molecule has 0 aliphatic carbocycles. The van der Waals surface area contributed by atoms with E-state index in [4.69, 9.17) is 14.7 Å². The van der Waals surface area contributed by atoms with Crippen molar-refractivity contribution in [2.24, 2.45) is 0 Å². The fourth-order valence-electron chi connectivity index (χ4n) is 1.05. The van der Waals surface area contributed by atoms with Gasteiger partial charge in [0.25, 0.3) is 0 Å². The van der Waals surface area contributed by atoms with E-state index in [1.54, 1.807) is 0 Å². The van der Waals surface area contributed by atoms with E-state index in [1.807, 2.05) is 37.3 Å². The summed E-state index contributed by atoms with van der Waals surface area (Å²) in [7, 11) is 0. The third-order valence-electron chi connectivity index (χ3n) is 1.62. The predicted molar refractivity (Wildman–Crippen MR) is 53.3 cm³/mol. The van der Waals surface area contributed by atoms with Gasteiger partial charge in [0.05, 0.1) is 19.1 Å². The third kappa shape index (κ3) is 2.98. The Morgan fingerprint density at radius 3 is 2.43 bits per heavy atom. The Labute approximate surface area is 83.9 Å². The average Bonchev–Trinajstić information content (AvgIpc) is 2.21. The zero-order chi connectivity index (χ0) is 10.2. The molecule has 0 amide bonds. The van der Waals surface area contributed by atoms with Gasteiger partial charge in [-0.1, -0.05) is 12.1 Å². The Kier molecular flexibility index (Phi) is 4.36. The Hall–Kier alpha value is -1.69. The first-order valence-corrected chi connectivity index (χ1v) is 4.60. The largest absolute Gasteiger partial charge is 0.490 e. The molecule has 0 N–H and O–H groups in total. The van der Waals surface area contributed by atoms with Crippen LogP contribution in [0.2, 0.25) is 0 Å². The summed E-state index contributed by atoms with van der Waals surface area (Å²) < 4.78 is 10.7. The van der Waals surface area contributed by atoms with Crippen LogP contribution in [0.5, 0.6) is 11.5 Å². The molecule has 0 heterocycles. The Morgan fingerprint density at radius 1 is 1.21 bits per heavy atom. The number of ether oxygens (including phenoxy) is 2. The zero-order valence-electron chi connectivity index (χ0n) is 8.19. The van der Waals surface area contributed by atoms with Gasteiger partial charge in [0.15, 0.2) is 11.5 Å². The number of benzene rings is 1. The smallest absolute Gasteiger partial charge is 0.161 e. The Balaban J connectivity index is 2.60. The van der Waals surface area contributed by atoms with Crippen LogP contribution in [0, 0.1) is 11.3 Å². The highest BCUT2D eigenvalue weighted by Gasteiger charge is 2.01. The van der Waals surface area contributed by atoms with Gasteiger partial charge < -0.3 is 9.47 Å². The van der Waals surface area contributed by atoms with Crippen LogP contribution in [0.25, 0.3) is 0 Å². The molecule has 0 saturated carbocycles. The third-order valence-corrected chi connectivity index (χ3v) is 1.62. The van der Waals surface area contributed by atoms with Crippen molar-refractivity contribution in [3.8, 4) is 17.6 Å². The van der Waals surface area contributed by atoms with Gasteiger partial charge in [0.2, 0.25) is 0 Å². The maximum atomic E-state index is 8.36. The maximum absolute atomic E-state index is 8.36. The first-order chi connectivity index (χ1) is 6.88. The van der Waals surface area contributed by atoms with Gasteiger partial charge in [-0.3, -0.25) is 0 Å². The van der Waals surface area contributed by atoms with Gasteiger partial charge in [-0.05, 0) is 19.1 Å². The second-order valence-electron chi connectivity index (χ2n) is 2.64. The molecule has 0 bridgehead atoms. The predicted octanol–water partition coefficient (Wildman–Crippen LogP) is 2.38. The molecule has 0 unspecified atom stereocenters. The monoisotopic (exact) mass is 191 g/mol. The van der Waals surface area contributed by atoms with Crippen molar-refractivity contribution in [1.82, 2.24) is 0 Å². The fraction of sp³-hybridized carbons (Fsp3) is 0.364. The molecule has 0 saturated heterocycles. The standard InChI is InChI=1S/C11H13NO2/c1-2-13-10-6-3-4-7-11(10)14-9-5-8-12/h3-4,6-7H,2,5,9H2,1H3. The maximum Gasteiger partial charge on any atom is 0.161 e. The fourth-order valence-corrected chi connectivity index (χ4v) is 1.05. The first kappa shape index (κ1) is 10.4. The highest BCUT2D eigenvalue weighted by molar-refractivity contribution is 5.39. The quantitative estimate of drug-likeness (QED) is 0.671. The van der Waals surface area contributed by atoms with Gasteiger partial charge in [0.1, 0.15) is 6.61 Å². The minimum atomic E-state index is 0.389. The Bertz CT molecular complexity index is 317. The van der Waals surface area contributed by atoms with E-state index in [1.165, 1.54) is 0 Å². The van der Waals surface area contributed by atoms with Crippen molar-refractivity contribution in [2.75, 3.05) is 13.2 Å². The van der Waals surface area contributed by atoms with Crippen molar-refractivity contribution in [3.05, 3.63) is 24.3 Å². The van der Waals surface area contributed by atoms with E-state index in [0.717, 1.165) is 5.75 Å². The number of nitriles is 1. The van der Waals surface area contributed by atoms with Gasteiger partial charge in [-0.15, -0.1) is 0 Å². The molecule has 0 aromatic heterocycles.